The first-order valence-electron chi connectivity index (χ1n) is 5.98. The molecule has 8 heteroatoms. The molecule has 0 fully saturated rings. The molecule has 1 amide bonds. The lowest BCUT2D eigenvalue weighted by atomic mass is 10.1. The predicted molar refractivity (Wildman–Crippen MR) is 73.9 cm³/mol. The third-order valence-corrected chi connectivity index (χ3v) is 4.27. The van der Waals surface area contributed by atoms with Gasteiger partial charge in [-0.05, 0) is 18.2 Å². The Kier molecular flexibility index (Phi) is 3.95. The number of hydrogen-bond donors (Lipinski definition) is 0. The largest absolute Gasteiger partial charge is 0.482 e. The van der Waals surface area contributed by atoms with Gasteiger partial charge in [-0.25, -0.2) is 8.42 Å². The summed E-state index contributed by atoms with van der Waals surface area (Å²) in [5.41, 5.74) is 0.565. The zero-order valence-electron chi connectivity index (χ0n) is 11.2. The topological polar surface area (TPSA) is 105 Å². The van der Waals surface area contributed by atoms with Gasteiger partial charge in [0.15, 0.2) is 22.2 Å². The summed E-state index contributed by atoms with van der Waals surface area (Å²) in [6.07, 6.45) is 0. The van der Waals surface area contributed by atoms with E-state index in [1.165, 1.54) is 29.2 Å². The highest BCUT2D eigenvalue weighted by Crippen LogP contribution is 2.32. The Hall–Kier alpha value is -2.40. The standard InChI is InChI=1S/C13H12N2O5S/c1-15-10-6-9(2-3-12(10)20-7-13(15)17)11(16)8-21(18,19)5-4-14/h2-3,6H,5,7-8H2,1H3. The van der Waals surface area contributed by atoms with E-state index in [-0.39, 0.29) is 18.1 Å². The van der Waals surface area contributed by atoms with Crippen LogP contribution in [0.1, 0.15) is 10.4 Å². The number of carbonyl (C=O) groups is 2. The Balaban J connectivity index is 2.29. The summed E-state index contributed by atoms with van der Waals surface area (Å²) in [7, 11) is -2.20. The van der Waals surface area contributed by atoms with Crippen LogP contribution in [0.5, 0.6) is 5.75 Å². The Morgan fingerprint density at radius 1 is 1.48 bits per heavy atom. The van der Waals surface area contributed by atoms with Crippen molar-refractivity contribution in [3.8, 4) is 11.8 Å². The van der Waals surface area contributed by atoms with E-state index in [0.29, 0.717) is 11.4 Å². The number of carbonyl (C=O) groups excluding carboxylic acids is 2. The summed E-state index contributed by atoms with van der Waals surface area (Å²) in [6, 6.07) is 5.88. The second-order valence-corrected chi connectivity index (χ2v) is 6.60. The number of ketones is 1. The molecule has 0 aromatic heterocycles. The van der Waals surface area contributed by atoms with Gasteiger partial charge in [0, 0.05) is 12.6 Å². The average molecular weight is 308 g/mol. The molecule has 0 spiro atoms. The summed E-state index contributed by atoms with van der Waals surface area (Å²) in [5, 5.41) is 8.41. The third-order valence-electron chi connectivity index (χ3n) is 3.00. The molecule has 1 aliphatic rings. The molecular formula is C13H12N2O5S. The van der Waals surface area contributed by atoms with E-state index in [0.717, 1.165) is 0 Å². The molecule has 0 saturated heterocycles. The van der Waals surface area contributed by atoms with Crippen LogP contribution in [-0.2, 0) is 14.6 Å². The van der Waals surface area contributed by atoms with Crippen molar-refractivity contribution in [2.24, 2.45) is 0 Å². The predicted octanol–water partition coefficient (Wildman–Crippen LogP) is 0.163. The molecular weight excluding hydrogens is 296 g/mol. The lowest BCUT2D eigenvalue weighted by Crippen LogP contribution is -2.35. The third kappa shape index (κ3) is 3.20. The highest BCUT2D eigenvalue weighted by molar-refractivity contribution is 7.92. The van der Waals surface area contributed by atoms with Crippen LogP contribution in [0.15, 0.2) is 18.2 Å². The van der Waals surface area contributed by atoms with Gasteiger partial charge in [0.25, 0.3) is 5.91 Å². The number of rotatable bonds is 4. The number of likely N-dealkylation sites (N-methyl/N-ethyl adjacent to an activating group) is 1. The van der Waals surface area contributed by atoms with Crippen LogP contribution >= 0.6 is 0 Å². The Labute approximate surface area is 121 Å². The van der Waals surface area contributed by atoms with Crippen LogP contribution in [0, 0.1) is 11.3 Å². The van der Waals surface area contributed by atoms with E-state index in [4.69, 9.17) is 10.00 Å². The van der Waals surface area contributed by atoms with Crippen LogP contribution in [0.25, 0.3) is 0 Å². The van der Waals surface area contributed by atoms with Crippen LogP contribution in [0.3, 0.4) is 0 Å². The lowest BCUT2D eigenvalue weighted by molar-refractivity contribution is -0.120. The van der Waals surface area contributed by atoms with Crippen LogP contribution in [-0.4, -0.2) is 45.3 Å². The maximum absolute atomic E-state index is 12.0. The van der Waals surface area contributed by atoms with Crippen molar-refractivity contribution in [3.63, 3.8) is 0 Å². The maximum Gasteiger partial charge on any atom is 0.264 e. The van der Waals surface area contributed by atoms with Gasteiger partial charge in [-0.15, -0.1) is 0 Å². The number of benzene rings is 1. The summed E-state index contributed by atoms with van der Waals surface area (Å²) < 4.78 is 28.2. The molecule has 1 aliphatic heterocycles. The molecule has 110 valence electrons. The van der Waals surface area contributed by atoms with Gasteiger partial charge in [-0.1, -0.05) is 0 Å². The van der Waals surface area contributed by atoms with Crippen molar-refractivity contribution in [2.75, 3.05) is 30.1 Å². The van der Waals surface area contributed by atoms with Crippen molar-refractivity contribution in [3.05, 3.63) is 23.8 Å². The van der Waals surface area contributed by atoms with Gasteiger partial charge >= 0.3 is 0 Å². The summed E-state index contributed by atoms with van der Waals surface area (Å²) in [6.45, 7) is -0.0760. The zero-order valence-corrected chi connectivity index (χ0v) is 12.0. The molecule has 0 aliphatic carbocycles. The zero-order chi connectivity index (χ0) is 15.6. The number of sulfone groups is 1. The molecule has 1 aromatic rings. The number of amides is 1. The van der Waals surface area contributed by atoms with E-state index < -0.39 is 27.1 Å². The van der Waals surface area contributed by atoms with Crippen molar-refractivity contribution in [1.82, 2.24) is 0 Å². The van der Waals surface area contributed by atoms with Crippen molar-refractivity contribution >= 4 is 27.2 Å². The quantitative estimate of drug-likeness (QED) is 0.734. The summed E-state index contributed by atoms with van der Waals surface area (Å²) >= 11 is 0. The minimum atomic E-state index is -3.75. The minimum absolute atomic E-state index is 0.0760. The van der Waals surface area contributed by atoms with Crippen molar-refractivity contribution in [1.29, 1.82) is 5.26 Å². The molecule has 7 nitrogen and oxygen atoms in total. The van der Waals surface area contributed by atoms with E-state index in [2.05, 4.69) is 0 Å². The molecule has 21 heavy (non-hydrogen) atoms. The van der Waals surface area contributed by atoms with Gasteiger partial charge in [0.05, 0.1) is 11.8 Å². The SMILES string of the molecule is CN1C(=O)COc2ccc(C(=O)CS(=O)(=O)CC#N)cc21. The molecule has 0 unspecified atom stereocenters. The Morgan fingerprint density at radius 2 is 2.19 bits per heavy atom. The molecule has 0 atom stereocenters. The molecule has 0 radical (unpaired) electrons. The molecule has 0 saturated carbocycles. The molecule has 0 N–H and O–H groups in total. The number of nitriles is 1. The number of nitrogens with zero attached hydrogens (tertiary/aromatic N) is 2. The van der Waals surface area contributed by atoms with Crippen LogP contribution < -0.4 is 9.64 Å². The average Bonchev–Trinajstić information content (AvgIpc) is 2.42. The first-order valence-corrected chi connectivity index (χ1v) is 7.80. The minimum Gasteiger partial charge on any atom is -0.482 e. The fraction of sp³-hybridized carbons (Fsp3) is 0.308. The van der Waals surface area contributed by atoms with Gasteiger partial charge in [-0.2, -0.15) is 5.26 Å². The highest BCUT2D eigenvalue weighted by Gasteiger charge is 2.24. The fourth-order valence-electron chi connectivity index (χ4n) is 1.88. The first-order chi connectivity index (χ1) is 9.84. The van der Waals surface area contributed by atoms with Gasteiger partial charge < -0.3 is 9.64 Å². The van der Waals surface area contributed by atoms with Gasteiger partial charge in [-0.3, -0.25) is 9.59 Å². The Morgan fingerprint density at radius 3 is 2.86 bits per heavy atom. The second kappa shape index (κ2) is 5.54. The summed E-state index contributed by atoms with van der Waals surface area (Å²) in [5.74, 6) is -1.87. The number of anilines is 1. The number of ether oxygens (including phenoxy) is 1. The lowest BCUT2D eigenvalue weighted by Gasteiger charge is -2.26. The molecule has 1 aromatic carbocycles. The van der Waals surface area contributed by atoms with E-state index in [1.807, 2.05) is 0 Å². The van der Waals surface area contributed by atoms with Gasteiger partial charge in [0.2, 0.25) is 0 Å². The van der Waals surface area contributed by atoms with E-state index in [1.54, 1.807) is 7.05 Å². The Bertz CT molecular complexity index is 748. The monoisotopic (exact) mass is 308 g/mol. The summed E-state index contributed by atoms with van der Waals surface area (Å²) in [4.78, 5) is 24.9. The second-order valence-electron chi connectivity index (χ2n) is 4.54. The number of Topliss-reactive ketones (excluding diaryl/α,β-unsaturated/α-hetero) is 1. The fourth-order valence-corrected chi connectivity index (χ4v) is 2.74. The molecule has 2 rings (SSSR count). The van der Waals surface area contributed by atoms with Crippen LogP contribution in [0.2, 0.25) is 0 Å². The van der Waals surface area contributed by atoms with Crippen molar-refractivity contribution < 1.29 is 22.7 Å². The first kappa shape index (κ1) is 15.0. The number of fused-ring (bicyclic) bond motifs is 1. The van der Waals surface area contributed by atoms with Gasteiger partial charge in [0.1, 0.15) is 17.3 Å². The molecule has 0 bridgehead atoms. The van der Waals surface area contributed by atoms with E-state index >= 15 is 0 Å². The normalized spacial score (nSPS) is 14.1. The molecule has 1 heterocycles. The number of hydrogen-bond acceptors (Lipinski definition) is 6. The van der Waals surface area contributed by atoms with E-state index in [9.17, 15) is 18.0 Å². The van der Waals surface area contributed by atoms with Crippen LogP contribution in [0.4, 0.5) is 5.69 Å². The maximum atomic E-state index is 12.0. The highest BCUT2D eigenvalue weighted by atomic mass is 32.2. The van der Waals surface area contributed by atoms with Crippen molar-refractivity contribution in [2.45, 2.75) is 0 Å². The smallest absolute Gasteiger partial charge is 0.264 e.